The summed E-state index contributed by atoms with van der Waals surface area (Å²) in [5.41, 5.74) is 7.03. The first kappa shape index (κ1) is 9.50. The van der Waals surface area contributed by atoms with Gasteiger partial charge in [0.2, 0.25) is 0 Å². The molecule has 0 aliphatic rings. The first-order valence-electron chi connectivity index (χ1n) is 4.63. The van der Waals surface area contributed by atoms with E-state index in [1.165, 1.54) is 0 Å². The Morgan fingerprint density at radius 1 is 1.07 bits per heavy atom. The molecule has 2 aromatic carbocycles. The van der Waals surface area contributed by atoms with Crippen LogP contribution in [0.1, 0.15) is 18.5 Å². The van der Waals surface area contributed by atoms with Gasteiger partial charge in [0.1, 0.15) is 0 Å². The maximum Gasteiger partial charge on any atom is 0.0484 e. The molecular formula is C12H12ClN. The molecule has 1 atom stereocenters. The molecule has 14 heavy (non-hydrogen) atoms. The Morgan fingerprint density at radius 3 is 2.43 bits per heavy atom. The number of fused-ring (bicyclic) bond motifs is 1. The number of rotatable bonds is 1. The van der Waals surface area contributed by atoms with Gasteiger partial charge in [0.25, 0.3) is 0 Å². The molecule has 72 valence electrons. The van der Waals surface area contributed by atoms with E-state index in [4.69, 9.17) is 17.3 Å². The van der Waals surface area contributed by atoms with Gasteiger partial charge in [0.05, 0.1) is 0 Å². The van der Waals surface area contributed by atoms with Crippen LogP contribution in [0.25, 0.3) is 10.8 Å². The molecule has 0 fully saturated rings. The van der Waals surface area contributed by atoms with E-state index in [0.29, 0.717) is 0 Å². The summed E-state index contributed by atoms with van der Waals surface area (Å²) in [6.07, 6.45) is 0. The van der Waals surface area contributed by atoms with Crippen molar-refractivity contribution in [1.82, 2.24) is 0 Å². The quantitative estimate of drug-likeness (QED) is 0.758. The molecule has 0 radical (unpaired) electrons. The molecule has 0 aromatic heterocycles. The lowest BCUT2D eigenvalue weighted by Gasteiger charge is -2.10. The third-order valence-electron chi connectivity index (χ3n) is 2.39. The minimum atomic E-state index is 0.0390. The van der Waals surface area contributed by atoms with Crippen LogP contribution in [0.2, 0.25) is 5.02 Å². The summed E-state index contributed by atoms with van der Waals surface area (Å²) >= 11 is 6.09. The third-order valence-corrected chi connectivity index (χ3v) is 2.72. The predicted octanol–water partition coefficient (Wildman–Crippen LogP) is 3.51. The van der Waals surface area contributed by atoms with Crippen molar-refractivity contribution < 1.29 is 0 Å². The topological polar surface area (TPSA) is 26.0 Å². The Balaban J connectivity index is 2.81. The molecule has 0 heterocycles. The molecule has 0 bridgehead atoms. The second-order valence-electron chi connectivity index (χ2n) is 3.47. The molecule has 2 N–H and O–H groups in total. The maximum atomic E-state index is 6.09. The van der Waals surface area contributed by atoms with Crippen LogP contribution in [-0.2, 0) is 0 Å². The molecule has 0 aliphatic carbocycles. The molecule has 0 aliphatic heterocycles. The zero-order valence-corrected chi connectivity index (χ0v) is 8.75. The van der Waals surface area contributed by atoms with E-state index in [0.717, 1.165) is 21.4 Å². The van der Waals surface area contributed by atoms with Crippen molar-refractivity contribution in [2.45, 2.75) is 13.0 Å². The van der Waals surface area contributed by atoms with Crippen LogP contribution in [0.4, 0.5) is 0 Å². The van der Waals surface area contributed by atoms with Crippen LogP contribution in [0.5, 0.6) is 0 Å². The molecule has 0 amide bonds. The number of hydrogen-bond donors (Lipinski definition) is 1. The van der Waals surface area contributed by atoms with Crippen molar-refractivity contribution in [2.75, 3.05) is 0 Å². The fourth-order valence-electron chi connectivity index (χ4n) is 1.69. The standard InChI is InChI=1S/C12H12ClN/c1-8(14)9-4-2-6-11-10(9)5-3-7-12(11)13/h2-8H,14H2,1H3. The van der Waals surface area contributed by atoms with Crippen molar-refractivity contribution in [3.05, 3.63) is 47.0 Å². The van der Waals surface area contributed by atoms with Gasteiger partial charge in [0.15, 0.2) is 0 Å². The molecule has 0 saturated heterocycles. The second kappa shape index (κ2) is 3.60. The van der Waals surface area contributed by atoms with E-state index >= 15 is 0 Å². The highest BCUT2D eigenvalue weighted by molar-refractivity contribution is 6.35. The van der Waals surface area contributed by atoms with Gasteiger partial charge in [-0.05, 0) is 23.9 Å². The van der Waals surface area contributed by atoms with Crippen LogP contribution in [0.3, 0.4) is 0 Å². The monoisotopic (exact) mass is 205 g/mol. The Kier molecular flexibility index (Phi) is 2.44. The fourth-order valence-corrected chi connectivity index (χ4v) is 1.93. The second-order valence-corrected chi connectivity index (χ2v) is 3.88. The van der Waals surface area contributed by atoms with Crippen LogP contribution in [0.15, 0.2) is 36.4 Å². The number of nitrogens with two attached hydrogens (primary N) is 1. The summed E-state index contributed by atoms with van der Waals surface area (Å²) in [6, 6.07) is 12.0. The van der Waals surface area contributed by atoms with Crippen LogP contribution in [0, 0.1) is 0 Å². The highest BCUT2D eigenvalue weighted by Crippen LogP contribution is 2.28. The van der Waals surface area contributed by atoms with Gasteiger partial charge in [-0.15, -0.1) is 0 Å². The Morgan fingerprint density at radius 2 is 1.71 bits per heavy atom. The third kappa shape index (κ3) is 1.49. The van der Waals surface area contributed by atoms with Gasteiger partial charge in [-0.25, -0.2) is 0 Å². The SMILES string of the molecule is CC(N)c1cccc2c(Cl)cccc12. The van der Waals surface area contributed by atoms with E-state index in [-0.39, 0.29) is 6.04 Å². The lowest BCUT2D eigenvalue weighted by atomic mass is 10.0. The highest BCUT2D eigenvalue weighted by atomic mass is 35.5. The summed E-state index contributed by atoms with van der Waals surface area (Å²) in [6.45, 7) is 1.98. The zero-order chi connectivity index (χ0) is 10.1. The molecule has 1 unspecified atom stereocenters. The average molecular weight is 206 g/mol. The summed E-state index contributed by atoms with van der Waals surface area (Å²) in [4.78, 5) is 0. The van der Waals surface area contributed by atoms with Crippen molar-refractivity contribution in [1.29, 1.82) is 0 Å². The number of hydrogen-bond acceptors (Lipinski definition) is 1. The largest absolute Gasteiger partial charge is 0.324 e. The minimum Gasteiger partial charge on any atom is -0.324 e. The van der Waals surface area contributed by atoms with E-state index in [2.05, 4.69) is 6.07 Å². The van der Waals surface area contributed by atoms with Crippen LogP contribution < -0.4 is 5.73 Å². The molecule has 1 nitrogen and oxygen atoms in total. The molecule has 2 rings (SSSR count). The van der Waals surface area contributed by atoms with Gasteiger partial charge >= 0.3 is 0 Å². The normalized spacial score (nSPS) is 13.1. The first-order chi connectivity index (χ1) is 6.70. The van der Waals surface area contributed by atoms with Gasteiger partial charge in [-0.3, -0.25) is 0 Å². The average Bonchev–Trinajstić information content (AvgIpc) is 2.17. The lowest BCUT2D eigenvalue weighted by Crippen LogP contribution is -2.05. The Labute approximate surface area is 88.5 Å². The van der Waals surface area contributed by atoms with E-state index in [1.54, 1.807) is 0 Å². The van der Waals surface area contributed by atoms with Crippen molar-refractivity contribution in [3.8, 4) is 0 Å². The molecular weight excluding hydrogens is 194 g/mol. The smallest absolute Gasteiger partial charge is 0.0484 e. The summed E-state index contributed by atoms with van der Waals surface area (Å²) < 4.78 is 0. The van der Waals surface area contributed by atoms with Crippen molar-refractivity contribution >= 4 is 22.4 Å². The lowest BCUT2D eigenvalue weighted by molar-refractivity contribution is 0.827. The van der Waals surface area contributed by atoms with Crippen LogP contribution in [-0.4, -0.2) is 0 Å². The fraction of sp³-hybridized carbons (Fsp3) is 0.167. The molecule has 2 aromatic rings. The van der Waals surface area contributed by atoms with Gasteiger partial charge in [0, 0.05) is 16.5 Å². The first-order valence-corrected chi connectivity index (χ1v) is 5.00. The number of benzene rings is 2. The highest BCUT2D eigenvalue weighted by Gasteiger charge is 2.05. The Bertz CT molecular complexity index is 463. The Hall–Kier alpha value is -1.05. The summed E-state index contributed by atoms with van der Waals surface area (Å²) in [7, 11) is 0. The van der Waals surface area contributed by atoms with E-state index in [9.17, 15) is 0 Å². The molecule has 0 saturated carbocycles. The van der Waals surface area contributed by atoms with Crippen LogP contribution >= 0.6 is 11.6 Å². The maximum absolute atomic E-state index is 6.09. The predicted molar refractivity (Wildman–Crippen MR) is 61.6 cm³/mol. The molecule has 2 heteroatoms. The minimum absolute atomic E-state index is 0.0390. The summed E-state index contributed by atoms with van der Waals surface area (Å²) in [5, 5.41) is 3.00. The van der Waals surface area contributed by atoms with E-state index < -0.39 is 0 Å². The van der Waals surface area contributed by atoms with Gasteiger partial charge in [-0.1, -0.05) is 41.9 Å². The number of halogens is 1. The van der Waals surface area contributed by atoms with Gasteiger partial charge in [-0.2, -0.15) is 0 Å². The van der Waals surface area contributed by atoms with Crippen molar-refractivity contribution in [2.24, 2.45) is 5.73 Å². The zero-order valence-electron chi connectivity index (χ0n) is 8.00. The van der Waals surface area contributed by atoms with E-state index in [1.807, 2.05) is 37.3 Å². The van der Waals surface area contributed by atoms with Gasteiger partial charge < -0.3 is 5.73 Å². The summed E-state index contributed by atoms with van der Waals surface area (Å²) in [5.74, 6) is 0. The molecule has 0 spiro atoms. The van der Waals surface area contributed by atoms with Crippen molar-refractivity contribution in [3.63, 3.8) is 0 Å².